The average Bonchev–Trinajstić information content (AvgIpc) is 2.98. The van der Waals surface area contributed by atoms with E-state index in [0.717, 1.165) is 10.2 Å². The molecule has 1 heterocycles. The molecule has 0 atom stereocenters. The smallest absolute Gasteiger partial charge is 0.338 e. The molecule has 2 aromatic carbocycles. The number of rotatable bonds is 6. The molecule has 0 aliphatic heterocycles. The summed E-state index contributed by atoms with van der Waals surface area (Å²) in [5.74, 6) is -0.430. The van der Waals surface area contributed by atoms with Gasteiger partial charge in [-0.15, -0.1) is 11.0 Å². The fourth-order valence-electron chi connectivity index (χ4n) is 2.55. The molecule has 3 rings (SSSR count). The number of carbonyl (C=O) groups is 1. The molecule has 3 aromatic rings. The minimum atomic E-state index is -3.92. The molecule has 0 saturated heterocycles. The number of carbonyl (C=O) groups excluding carboxylic acids is 1. The number of thiazole rings is 1. The molecule has 146 valence electrons. The second-order valence-corrected chi connectivity index (χ2v) is 8.76. The van der Waals surface area contributed by atoms with E-state index in [2.05, 4.69) is 11.0 Å². The van der Waals surface area contributed by atoms with Crippen LogP contribution in [0.25, 0.3) is 10.2 Å². The summed E-state index contributed by atoms with van der Waals surface area (Å²) in [7, 11) is -3.92. The summed E-state index contributed by atoms with van der Waals surface area (Å²) in [6.07, 6.45) is 1.65. The van der Waals surface area contributed by atoms with Crippen LogP contribution >= 0.6 is 22.9 Å². The van der Waals surface area contributed by atoms with Crippen molar-refractivity contribution in [3.05, 3.63) is 70.5 Å². The van der Waals surface area contributed by atoms with Gasteiger partial charge in [0, 0.05) is 11.6 Å². The third-order valence-corrected chi connectivity index (χ3v) is 6.51. The van der Waals surface area contributed by atoms with Crippen molar-refractivity contribution in [3.8, 4) is 0 Å². The van der Waals surface area contributed by atoms with E-state index in [0.29, 0.717) is 17.1 Å². The summed E-state index contributed by atoms with van der Waals surface area (Å²) in [6.45, 7) is 6.10. The highest BCUT2D eigenvalue weighted by atomic mass is 35.5. The van der Waals surface area contributed by atoms with Gasteiger partial charge in [0.2, 0.25) is 4.80 Å². The summed E-state index contributed by atoms with van der Waals surface area (Å²) in [5, 5.41) is 0.439. The van der Waals surface area contributed by atoms with Crippen LogP contribution in [0.15, 0.2) is 64.4 Å². The molecule has 0 aliphatic rings. The van der Waals surface area contributed by atoms with Gasteiger partial charge in [0.15, 0.2) is 0 Å². The van der Waals surface area contributed by atoms with Crippen molar-refractivity contribution < 1.29 is 17.9 Å². The van der Waals surface area contributed by atoms with Crippen molar-refractivity contribution in [3.63, 3.8) is 0 Å². The lowest BCUT2D eigenvalue weighted by molar-refractivity contribution is 0.0526. The second-order valence-electron chi connectivity index (χ2n) is 5.71. The van der Waals surface area contributed by atoms with Crippen molar-refractivity contribution >= 4 is 49.1 Å². The number of hydrogen-bond acceptors (Lipinski definition) is 5. The number of halogens is 1. The van der Waals surface area contributed by atoms with Crippen LogP contribution in [-0.4, -0.2) is 25.6 Å². The molecule has 0 N–H and O–H groups in total. The monoisotopic (exact) mass is 436 g/mol. The van der Waals surface area contributed by atoms with Crippen LogP contribution in [-0.2, 0) is 21.3 Å². The highest BCUT2D eigenvalue weighted by molar-refractivity contribution is 7.90. The first-order valence-electron chi connectivity index (χ1n) is 8.33. The summed E-state index contributed by atoms with van der Waals surface area (Å²) in [4.78, 5) is 12.3. The van der Waals surface area contributed by atoms with Crippen LogP contribution in [0, 0.1) is 0 Å². The maximum absolute atomic E-state index is 12.7. The van der Waals surface area contributed by atoms with E-state index in [9.17, 15) is 13.2 Å². The normalized spacial score (nSPS) is 12.3. The van der Waals surface area contributed by atoms with Gasteiger partial charge in [-0.25, -0.2) is 4.79 Å². The molecule has 0 bridgehead atoms. The molecular formula is C19H17ClN2O4S2. The van der Waals surface area contributed by atoms with Crippen molar-refractivity contribution in [2.24, 2.45) is 4.40 Å². The fourth-order valence-corrected chi connectivity index (χ4v) is 4.96. The van der Waals surface area contributed by atoms with E-state index < -0.39 is 16.0 Å². The van der Waals surface area contributed by atoms with Crippen molar-refractivity contribution in [2.45, 2.75) is 18.4 Å². The molecule has 0 aliphatic carbocycles. The highest BCUT2D eigenvalue weighted by Crippen LogP contribution is 2.21. The first-order chi connectivity index (χ1) is 13.4. The Balaban J connectivity index is 2.17. The molecule has 9 heteroatoms. The zero-order valence-electron chi connectivity index (χ0n) is 15.0. The Kier molecular flexibility index (Phi) is 6.02. The SMILES string of the molecule is C=CCn1c(=NS(=O)(=O)c2ccc(Cl)cc2)sc2cc(C(=O)OCC)ccc21. The Morgan fingerprint density at radius 1 is 1.29 bits per heavy atom. The number of aromatic nitrogens is 1. The lowest BCUT2D eigenvalue weighted by Crippen LogP contribution is -2.16. The number of esters is 1. The van der Waals surface area contributed by atoms with E-state index in [-0.39, 0.29) is 16.3 Å². The molecule has 0 fully saturated rings. The topological polar surface area (TPSA) is 77.7 Å². The van der Waals surface area contributed by atoms with Gasteiger partial charge in [0.25, 0.3) is 10.0 Å². The predicted octanol–water partition coefficient (Wildman–Crippen LogP) is 4.01. The van der Waals surface area contributed by atoms with Crippen molar-refractivity contribution in [1.29, 1.82) is 0 Å². The van der Waals surface area contributed by atoms with Gasteiger partial charge in [0.05, 0.1) is 27.3 Å². The Morgan fingerprint density at radius 3 is 2.64 bits per heavy atom. The molecule has 6 nitrogen and oxygen atoms in total. The van der Waals surface area contributed by atoms with Gasteiger partial charge in [0.1, 0.15) is 0 Å². The maximum Gasteiger partial charge on any atom is 0.338 e. The third kappa shape index (κ3) is 4.19. The first kappa shape index (κ1) is 20.3. The number of ether oxygens (including phenoxy) is 1. The highest BCUT2D eigenvalue weighted by Gasteiger charge is 2.16. The van der Waals surface area contributed by atoms with Crippen LogP contribution in [0.4, 0.5) is 0 Å². The van der Waals surface area contributed by atoms with Gasteiger partial charge in [-0.1, -0.05) is 29.0 Å². The number of hydrogen-bond donors (Lipinski definition) is 0. The quantitative estimate of drug-likeness (QED) is 0.432. The van der Waals surface area contributed by atoms with E-state index in [4.69, 9.17) is 16.3 Å². The summed E-state index contributed by atoms with van der Waals surface area (Å²) >= 11 is 7.00. The summed E-state index contributed by atoms with van der Waals surface area (Å²) in [6, 6.07) is 10.9. The molecule has 1 aromatic heterocycles. The lowest BCUT2D eigenvalue weighted by atomic mass is 10.2. The van der Waals surface area contributed by atoms with Crippen molar-refractivity contribution in [1.82, 2.24) is 4.57 Å². The van der Waals surface area contributed by atoms with E-state index >= 15 is 0 Å². The zero-order valence-corrected chi connectivity index (χ0v) is 17.4. The van der Waals surface area contributed by atoms with Crippen LogP contribution in [0.3, 0.4) is 0 Å². The van der Waals surface area contributed by atoms with Crippen LogP contribution < -0.4 is 4.80 Å². The van der Waals surface area contributed by atoms with Gasteiger partial charge in [-0.05, 0) is 49.4 Å². The molecule has 0 saturated carbocycles. The van der Waals surface area contributed by atoms with Gasteiger partial charge < -0.3 is 9.30 Å². The number of sulfonamides is 1. The predicted molar refractivity (Wildman–Crippen MR) is 110 cm³/mol. The second kappa shape index (κ2) is 8.30. The van der Waals surface area contributed by atoms with E-state index in [1.165, 1.54) is 35.6 Å². The molecule has 0 spiro atoms. The fraction of sp³-hybridized carbons (Fsp3) is 0.158. The summed E-state index contributed by atoms with van der Waals surface area (Å²) < 4.78 is 36.9. The zero-order chi connectivity index (χ0) is 20.3. The van der Waals surface area contributed by atoms with Gasteiger partial charge in [-0.3, -0.25) is 0 Å². The van der Waals surface area contributed by atoms with Crippen LogP contribution in [0.5, 0.6) is 0 Å². The van der Waals surface area contributed by atoms with Crippen molar-refractivity contribution in [2.75, 3.05) is 6.61 Å². The summed E-state index contributed by atoms with van der Waals surface area (Å²) in [5.41, 5.74) is 1.15. The van der Waals surface area contributed by atoms with Gasteiger partial charge >= 0.3 is 5.97 Å². The Bertz CT molecular complexity index is 1210. The first-order valence-corrected chi connectivity index (χ1v) is 11.0. The van der Waals surface area contributed by atoms with E-state index in [1.807, 2.05) is 0 Å². The average molecular weight is 437 g/mol. The molecule has 0 unspecified atom stereocenters. The standard InChI is InChI=1S/C19H17ClN2O4S2/c1-3-11-22-16-10-5-13(18(23)26-4-2)12-17(16)27-19(22)21-28(24,25)15-8-6-14(20)7-9-15/h3,5-10,12H,1,4,11H2,2H3. The molecule has 28 heavy (non-hydrogen) atoms. The third-order valence-electron chi connectivity index (χ3n) is 3.82. The van der Waals surface area contributed by atoms with Crippen LogP contribution in [0.2, 0.25) is 5.02 Å². The minimum Gasteiger partial charge on any atom is -0.462 e. The largest absolute Gasteiger partial charge is 0.462 e. The minimum absolute atomic E-state index is 0.0479. The number of fused-ring (bicyclic) bond motifs is 1. The Labute approximate surface area is 171 Å². The molecule has 0 amide bonds. The number of benzene rings is 2. The van der Waals surface area contributed by atoms with Gasteiger partial charge in [-0.2, -0.15) is 8.42 Å². The molecule has 0 radical (unpaired) electrons. The number of allylic oxidation sites excluding steroid dienone is 1. The molecular weight excluding hydrogens is 420 g/mol. The van der Waals surface area contributed by atoms with E-state index in [1.54, 1.807) is 35.8 Å². The lowest BCUT2D eigenvalue weighted by Gasteiger charge is -2.04. The Morgan fingerprint density at radius 2 is 2.00 bits per heavy atom. The maximum atomic E-state index is 12.7. The van der Waals surface area contributed by atoms with Crippen LogP contribution in [0.1, 0.15) is 17.3 Å². The Hall–Kier alpha value is -2.42. The number of nitrogens with zero attached hydrogens (tertiary/aromatic N) is 2.